The van der Waals surface area contributed by atoms with Gasteiger partial charge in [-0.1, -0.05) is 17.7 Å². The summed E-state index contributed by atoms with van der Waals surface area (Å²) in [6, 6.07) is 8.26. The van der Waals surface area contributed by atoms with E-state index in [1.807, 2.05) is 0 Å². The van der Waals surface area contributed by atoms with Crippen LogP contribution in [-0.4, -0.2) is 32.8 Å². The SMILES string of the molecule is CC(C(=O)Nc1ccc2c(c1)OCCO2)S(=O)(=O)Cc1ccc(F)cc1Cl. The van der Waals surface area contributed by atoms with Crippen LogP contribution in [0.4, 0.5) is 10.1 Å². The third kappa shape index (κ3) is 4.51. The van der Waals surface area contributed by atoms with Gasteiger partial charge >= 0.3 is 0 Å². The molecule has 1 aliphatic heterocycles. The van der Waals surface area contributed by atoms with Crippen LogP contribution in [0.1, 0.15) is 12.5 Å². The average Bonchev–Trinajstić information content (AvgIpc) is 2.63. The van der Waals surface area contributed by atoms with Crippen LogP contribution in [0.5, 0.6) is 11.5 Å². The van der Waals surface area contributed by atoms with Gasteiger partial charge in [0.1, 0.15) is 24.3 Å². The van der Waals surface area contributed by atoms with Gasteiger partial charge in [-0.05, 0) is 36.8 Å². The molecule has 27 heavy (non-hydrogen) atoms. The molecule has 1 heterocycles. The van der Waals surface area contributed by atoms with Gasteiger partial charge in [0, 0.05) is 16.8 Å². The van der Waals surface area contributed by atoms with Crippen molar-refractivity contribution in [1.82, 2.24) is 0 Å². The third-order valence-electron chi connectivity index (χ3n) is 4.09. The molecule has 1 unspecified atom stereocenters. The number of sulfone groups is 1. The standard InChI is InChI=1S/C18H17ClFNO5S/c1-11(27(23,24)10-12-2-3-13(20)8-15(12)19)18(22)21-14-4-5-16-17(9-14)26-7-6-25-16/h2-5,8-9,11H,6-7,10H2,1H3,(H,21,22). The summed E-state index contributed by atoms with van der Waals surface area (Å²) in [6.07, 6.45) is 0. The van der Waals surface area contributed by atoms with Gasteiger partial charge in [0.2, 0.25) is 5.91 Å². The molecular formula is C18H17ClFNO5S. The number of amides is 1. The van der Waals surface area contributed by atoms with Crippen LogP contribution in [0, 0.1) is 5.82 Å². The van der Waals surface area contributed by atoms with E-state index < -0.39 is 32.6 Å². The van der Waals surface area contributed by atoms with Gasteiger partial charge in [-0.25, -0.2) is 12.8 Å². The van der Waals surface area contributed by atoms with Gasteiger partial charge < -0.3 is 14.8 Å². The molecule has 1 aliphatic rings. The van der Waals surface area contributed by atoms with Crippen molar-refractivity contribution < 1.29 is 27.1 Å². The van der Waals surface area contributed by atoms with E-state index in [1.165, 1.54) is 13.0 Å². The van der Waals surface area contributed by atoms with Gasteiger partial charge in [0.15, 0.2) is 21.3 Å². The van der Waals surface area contributed by atoms with Gasteiger partial charge in [0.05, 0.1) is 5.75 Å². The number of hydrogen-bond acceptors (Lipinski definition) is 5. The second kappa shape index (κ2) is 7.74. The first kappa shape index (κ1) is 19.4. The molecule has 0 aliphatic carbocycles. The Labute approximate surface area is 161 Å². The van der Waals surface area contributed by atoms with Crippen molar-refractivity contribution in [3.8, 4) is 11.5 Å². The van der Waals surface area contributed by atoms with Gasteiger partial charge in [-0.2, -0.15) is 0 Å². The lowest BCUT2D eigenvalue weighted by Gasteiger charge is -2.19. The summed E-state index contributed by atoms with van der Waals surface area (Å²) in [5.74, 6) is -0.684. The van der Waals surface area contributed by atoms with E-state index in [9.17, 15) is 17.6 Å². The summed E-state index contributed by atoms with van der Waals surface area (Å²) in [6.45, 7) is 2.13. The van der Waals surface area contributed by atoms with Crippen molar-refractivity contribution in [3.63, 3.8) is 0 Å². The fraction of sp³-hybridized carbons (Fsp3) is 0.278. The molecule has 1 atom stereocenters. The lowest BCUT2D eigenvalue weighted by atomic mass is 10.2. The van der Waals surface area contributed by atoms with Crippen molar-refractivity contribution in [1.29, 1.82) is 0 Å². The number of ether oxygens (including phenoxy) is 2. The lowest BCUT2D eigenvalue weighted by Crippen LogP contribution is -2.33. The number of nitrogens with one attached hydrogen (secondary N) is 1. The summed E-state index contributed by atoms with van der Waals surface area (Å²) in [4.78, 5) is 12.4. The van der Waals surface area contributed by atoms with E-state index in [0.717, 1.165) is 12.1 Å². The highest BCUT2D eigenvalue weighted by Crippen LogP contribution is 2.32. The van der Waals surface area contributed by atoms with Gasteiger partial charge in [0.25, 0.3) is 0 Å². The minimum atomic E-state index is -3.86. The Morgan fingerprint density at radius 2 is 1.89 bits per heavy atom. The first-order valence-electron chi connectivity index (χ1n) is 8.12. The normalized spacial score (nSPS) is 14.5. The van der Waals surface area contributed by atoms with Gasteiger partial charge in [-0.3, -0.25) is 4.79 Å². The summed E-state index contributed by atoms with van der Waals surface area (Å²) < 4.78 is 49.0. The second-order valence-electron chi connectivity index (χ2n) is 6.03. The van der Waals surface area contributed by atoms with E-state index in [-0.39, 0.29) is 10.6 Å². The quantitative estimate of drug-likeness (QED) is 0.814. The van der Waals surface area contributed by atoms with Crippen molar-refractivity contribution >= 4 is 33.0 Å². The number of rotatable bonds is 5. The summed E-state index contributed by atoms with van der Waals surface area (Å²) in [7, 11) is -3.86. The number of fused-ring (bicyclic) bond motifs is 1. The zero-order valence-corrected chi connectivity index (χ0v) is 15.9. The minimum absolute atomic E-state index is 0.00183. The zero-order valence-electron chi connectivity index (χ0n) is 14.4. The van der Waals surface area contributed by atoms with Crippen molar-refractivity contribution in [2.75, 3.05) is 18.5 Å². The maximum absolute atomic E-state index is 13.1. The fourth-order valence-corrected chi connectivity index (χ4v) is 4.14. The Hall–Kier alpha value is -2.32. The smallest absolute Gasteiger partial charge is 0.242 e. The Kier molecular flexibility index (Phi) is 5.57. The van der Waals surface area contributed by atoms with E-state index in [1.54, 1.807) is 18.2 Å². The average molecular weight is 414 g/mol. The molecule has 0 saturated carbocycles. The van der Waals surface area contributed by atoms with E-state index >= 15 is 0 Å². The third-order valence-corrected chi connectivity index (χ3v) is 6.45. The molecule has 2 aromatic carbocycles. The number of anilines is 1. The highest BCUT2D eigenvalue weighted by Gasteiger charge is 2.29. The number of hydrogen-bond donors (Lipinski definition) is 1. The molecule has 0 bridgehead atoms. The molecule has 0 saturated heterocycles. The zero-order chi connectivity index (χ0) is 19.6. The molecule has 2 aromatic rings. The molecule has 0 aromatic heterocycles. The van der Waals surface area contributed by atoms with E-state index in [0.29, 0.717) is 30.4 Å². The molecule has 0 fully saturated rings. The number of carbonyl (C=O) groups is 1. The molecule has 1 N–H and O–H groups in total. The van der Waals surface area contributed by atoms with Crippen LogP contribution in [0.3, 0.4) is 0 Å². The highest BCUT2D eigenvalue weighted by atomic mass is 35.5. The molecule has 0 radical (unpaired) electrons. The molecule has 3 rings (SSSR count). The number of halogens is 2. The van der Waals surface area contributed by atoms with E-state index in [4.69, 9.17) is 21.1 Å². The molecular weight excluding hydrogens is 397 g/mol. The highest BCUT2D eigenvalue weighted by molar-refractivity contribution is 7.92. The number of benzene rings is 2. The maximum atomic E-state index is 13.1. The van der Waals surface area contributed by atoms with Crippen LogP contribution in [0.25, 0.3) is 0 Å². The first-order valence-corrected chi connectivity index (χ1v) is 10.2. The van der Waals surface area contributed by atoms with Crippen molar-refractivity contribution in [2.24, 2.45) is 0 Å². The van der Waals surface area contributed by atoms with Crippen LogP contribution in [0.15, 0.2) is 36.4 Å². The Balaban J connectivity index is 1.72. The first-order chi connectivity index (χ1) is 12.8. The predicted molar refractivity (Wildman–Crippen MR) is 99.6 cm³/mol. The second-order valence-corrected chi connectivity index (χ2v) is 8.76. The van der Waals surface area contributed by atoms with E-state index in [2.05, 4.69) is 5.32 Å². The molecule has 9 heteroatoms. The minimum Gasteiger partial charge on any atom is -0.486 e. The summed E-state index contributed by atoms with van der Waals surface area (Å²) in [5.41, 5.74) is 0.628. The van der Waals surface area contributed by atoms with Crippen LogP contribution < -0.4 is 14.8 Å². The van der Waals surface area contributed by atoms with Crippen LogP contribution in [0.2, 0.25) is 5.02 Å². The lowest BCUT2D eigenvalue weighted by molar-refractivity contribution is -0.115. The largest absolute Gasteiger partial charge is 0.486 e. The molecule has 6 nitrogen and oxygen atoms in total. The summed E-state index contributed by atoms with van der Waals surface area (Å²) in [5, 5.41) is 1.23. The monoisotopic (exact) mass is 413 g/mol. The summed E-state index contributed by atoms with van der Waals surface area (Å²) >= 11 is 5.89. The fourth-order valence-electron chi connectivity index (χ4n) is 2.51. The van der Waals surface area contributed by atoms with Crippen LogP contribution in [-0.2, 0) is 20.4 Å². The Morgan fingerprint density at radius 3 is 2.59 bits per heavy atom. The van der Waals surface area contributed by atoms with Crippen molar-refractivity contribution in [2.45, 2.75) is 17.9 Å². The van der Waals surface area contributed by atoms with Gasteiger partial charge in [-0.15, -0.1) is 0 Å². The Bertz CT molecular complexity index is 980. The molecule has 1 amide bonds. The van der Waals surface area contributed by atoms with Crippen LogP contribution >= 0.6 is 11.6 Å². The van der Waals surface area contributed by atoms with Crippen molar-refractivity contribution in [3.05, 3.63) is 52.8 Å². The molecule has 0 spiro atoms. The predicted octanol–water partition coefficient (Wildman–Crippen LogP) is 3.19. The topological polar surface area (TPSA) is 81.7 Å². The number of carbonyl (C=O) groups excluding carboxylic acids is 1. The Morgan fingerprint density at radius 1 is 1.19 bits per heavy atom. The maximum Gasteiger partial charge on any atom is 0.242 e. The molecule has 144 valence electrons.